The predicted octanol–water partition coefficient (Wildman–Crippen LogP) is 3.56. The Morgan fingerprint density at radius 1 is 1.15 bits per heavy atom. The summed E-state index contributed by atoms with van der Waals surface area (Å²) < 4.78 is 63.2. The van der Waals surface area contributed by atoms with E-state index in [0.29, 0.717) is 17.4 Å². The van der Waals surface area contributed by atoms with Crippen LogP contribution in [0.5, 0.6) is 11.5 Å². The Balaban J connectivity index is 1.50. The number of aromatic nitrogens is 3. The normalized spacial score (nSPS) is 13.9. The third kappa shape index (κ3) is 4.94. The second-order valence-electron chi connectivity index (χ2n) is 7.14. The molecule has 1 aliphatic rings. The number of nitrogens with one attached hydrogen (secondary N) is 1. The summed E-state index contributed by atoms with van der Waals surface area (Å²) in [4.78, 5) is 18.8. The summed E-state index contributed by atoms with van der Waals surface area (Å²) in [5, 5.41) is 10.1. The van der Waals surface area contributed by atoms with Crippen LogP contribution in [0.4, 0.5) is 28.9 Å². The number of amides is 1. The van der Waals surface area contributed by atoms with E-state index >= 15 is 0 Å². The first-order valence-corrected chi connectivity index (χ1v) is 9.64. The van der Waals surface area contributed by atoms with Crippen molar-refractivity contribution in [2.24, 2.45) is 0 Å². The highest BCUT2D eigenvalue weighted by Crippen LogP contribution is 2.35. The van der Waals surface area contributed by atoms with Gasteiger partial charge in [0.15, 0.2) is 5.75 Å². The molecule has 0 bridgehead atoms. The van der Waals surface area contributed by atoms with Gasteiger partial charge in [0.25, 0.3) is 5.91 Å². The average Bonchev–Trinajstić information content (AvgIpc) is 2.75. The first-order chi connectivity index (χ1) is 15.7. The van der Waals surface area contributed by atoms with E-state index in [1.165, 1.54) is 31.9 Å². The van der Waals surface area contributed by atoms with Crippen LogP contribution in [0, 0.1) is 5.82 Å². The molecule has 0 aliphatic carbocycles. The van der Waals surface area contributed by atoms with E-state index in [1.807, 2.05) is 0 Å². The second kappa shape index (κ2) is 8.88. The Bertz CT molecular complexity index is 1150. The van der Waals surface area contributed by atoms with Crippen molar-refractivity contribution >= 4 is 17.3 Å². The van der Waals surface area contributed by atoms with Crippen molar-refractivity contribution in [3.05, 3.63) is 66.0 Å². The van der Waals surface area contributed by atoms with Crippen LogP contribution in [0.25, 0.3) is 0 Å². The van der Waals surface area contributed by atoms with Gasteiger partial charge in [0, 0.05) is 6.07 Å². The number of carbonyl (C=O) groups is 1. The highest BCUT2D eigenvalue weighted by molar-refractivity contribution is 6.10. The van der Waals surface area contributed by atoms with E-state index in [0.717, 1.165) is 12.1 Å². The average molecular weight is 463 g/mol. The minimum Gasteiger partial charge on any atom is -0.494 e. The molecule has 1 N–H and O–H groups in total. The Hall–Kier alpha value is -3.96. The quantitative estimate of drug-likeness (QED) is 0.559. The molecule has 0 unspecified atom stereocenters. The zero-order valence-electron chi connectivity index (χ0n) is 17.1. The predicted molar refractivity (Wildman–Crippen MR) is 109 cm³/mol. The third-order valence-corrected chi connectivity index (χ3v) is 4.87. The first kappa shape index (κ1) is 22.2. The zero-order chi connectivity index (χ0) is 23.6. The molecule has 3 heterocycles. The number of halogens is 4. The molecule has 0 saturated carbocycles. The van der Waals surface area contributed by atoms with Crippen molar-refractivity contribution in [3.63, 3.8) is 0 Å². The van der Waals surface area contributed by atoms with Crippen molar-refractivity contribution in [1.29, 1.82) is 0 Å². The van der Waals surface area contributed by atoms with Crippen molar-refractivity contribution < 1.29 is 31.8 Å². The smallest absolute Gasteiger partial charge is 0.416 e. The van der Waals surface area contributed by atoms with Gasteiger partial charge >= 0.3 is 6.18 Å². The van der Waals surface area contributed by atoms with E-state index < -0.39 is 29.6 Å². The van der Waals surface area contributed by atoms with Gasteiger partial charge in [-0.1, -0.05) is 0 Å². The molecular formula is C21H17F4N5O3. The summed E-state index contributed by atoms with van der Waals surface area (Å²) in [6, 6.07) is 3.62. The lowest BCUT2D eigenvalue weighted by Gasteiger charge is -2.41. The number of hydrogen-bond acceptors (Lipinski definition) is 7. The molecule has 1 amide bonds. The third-order valence-electron chi connectivity index (χ3n) is 4.87. The number of methoxy groups -OCH3 is 1. The van der Waals surface area contributed by atoms with E-state index in [9.17, 15) is 22.4 Å². The number of ether oxygens (including phenoxy) is 2. The molecule has 0 atom stereocenters. The van der Waals surface area contributed by atoms with Crippen molar-refractivity contribution in [1.82, 2.24) is 15.2 Å². The summed E-state index contributed by atoms with van der Waals surface area (Å²) in [6.07, 6.45) is 0.468. The Labute approximate surface area is 185 Å². The van der Waals surface area contributed by atoms with Gasteiger partial charge in [-0.25, -0.2) is 4.39 Å². The Morgan fingerprint density at radius 2 is 1.94 bits per heavy atom. The number of hydrogen-bond donors (Lipinski definition) is 1. The summed E-state index contributed by atoms with van der Waals surface area (Å²) in [6.45, 7) is 0.480. The summed E-state index contributed by atoms with van der Waals surface area (Å²) in [5.74, 6) is -1.51. The van der Waals surface area contributed by atoms with Crippen LogP contribution < -0.4 is 19.7 Å². The molecule has 33 heavy (non-hydrogen) atoms. The van der Waals surface area contributed by atoms with Crippen molar-refractivity contribution in [3.8, 4) is 11.5 Å². The van der Waals surface area contributed by atoms with Gasteiger partial charge in [0.2, 0.25) is 0 Å². The van der Waals surface area contributed by atoms with Gasteiger partial charge in [-0.2, -0.15) is 23.4 Å². The molecule has 0 radical (unpaired) electrons. The number of rotatable bonds is 6. The Morgan fingerprint density at radius 3 is 2.61 bits per heavy atom. The maximum atomic E-state index is 13.6. The highest BCUT2D eigenvalue weighted by Gasteiger charge is 2.35. The molecule has 172 valence electrons. The molecule has 1 aliphatic heterocycles. The zero-order valence-corrected chi connectivity index (χ0v) is 17.1. The van der Waals surface area contributed by atoms with Crippen LogP contribution in [0.2, 0.25) is 0 Å². The topological polar surface area (TPSA) is 89.5 Å². The molecule has 12 heteroatoms. The van der Waals surface area contributed by atoms with Gasteiger partial charge in [0.05, 0.1) is 61.9 Å². The SMILES string of the molecule is COc1cncc(N2CC(Oc3cc(F)cc(C(F)(F)F)c3)C2)c1C(=O)Nc1ccnnc1. The molecule has 8 nitrogen and oxygen atoms in total. The van der Waals surface area contributed by atoms with E-state index in [-0.39, 0.29) is 30.2 Å². The number of anilines is 2. The number of alkyl halides is 3. The van der Waals surface area contributed by atoms with Gasteiger partial charge < -0.3 is 19.7 Å². The van der Waals surface area contributed by atoms with Gasteiger partial charge in [-0.3, -0.25) is 9.78 Å². The lowest BCUT2D eigenvalue weighted by molar-refractivity contribution is -0.137. The minimum atomic E-state index is -4.69. The molecule has 4 rings (SSSR count). The molecule has 3 aromatic rings. The van der Waals surface area contributed by atoms with Crippen LogP contribution in [-0.2, 0) is 6.18 Å². The van der Waals surface area contributed by atoms with Crippen LogP contribution in [0.3, 0.4) is 0 Å². The fourth-order valence-electron chi connectivity index (χ4n) is 3.31. The summed E-state index contributed by atoms with van der Waals surface area (Å²) >= 11 is 0. The maximum absolute atomic E-state index is 13.6. The molecule has 0 spiro atoms. The van der Waals surface area contributed by atoms with Crippen LogP contribution in [-0.4, -0.2) is 47.4 Å². The first-order valence-electron chi connectivity index (χ1n) is 9.64. The lowest BCUT2D eigenvalue weighted by Crippen LogP contribution is -2.54. The lowest BCUT2D eigenvalue weighted by atomic mass is 10.1. The molecular weight excluding hydrogens is 446 g/mol. The standard InChI is InChI=1S/C21H17F4N5O3/c1-32-18-9-26-8-17(19(18)20(31)29-14-2-3-27-28-7-14)30-10-16(11-30)33-15-5-12(21(23,24)25)4-13(22)6-15/h2-9,16H,10-11H2,1H3,(H,27,29,31). The second-order valence-corrected chi connectivity index (χ2v) is 7.14. The summed E-state index contributed by atoms with van der Waals surface area (Å²) in [5.41, 5.74) is -0.0387. The monoisotopic (exact) mass is 463 g/mol. The van der Waals surface area contributed by atoms with E-state index in [2.05, 4.69) is 20.5 Å². The maximum Gasteiger partial charge on any atom is 0.416 e. The van der Waals surface area contributed by atoms with Crippen LogP contribution in [0.1, 0.15) is 15.9 Å². The number of nitrogens with zero attached hydrogens (tertiary/aromatic N) is 4. The van der Waals surface area contributed by atoms with Crippen molar-refractivity contribution in [2.75, 3.05) is 30.4 Å². The van der Waals surface area contributed by atoms with Gasteiger partial charge in [0.1, 0.15) is 23.2 Å². The number of carbonyl (C=O) groups excluding carboxylic acids is 1. The molecule has 1 aromatic carbocycles. The fourth-order valence-corrected chi connectivity index (χ4v) is 3.31. The van der Waals surface area contributed by atoms with Crippen LogP contribution in [0.15, 0.2) is 49.1 Å². The number of pyridine rings is 1. The minimum absolute atomic E-state index is 0.216. The fraction of sp³-hybridized carbons (Fsp3) is 0.238. The van der Waals surface area contributed by atoms with Crippen molar-refractivity contribution in [2.45, 2.75) is 12.3 Å². The van der Waals surface area contributed by atoms with E-state index in [1.54, 1.807) is 11.0 Å². The highest BCUT2D eigenvalue weighted by atomic mass is 19.4. The van der Waals surface area contributed by atoms with Gasteiger partial charge in [-0.05, 0) is 18.2 Å². The van der Waals surface area contributed by atoms with Gasteiger partial charge in [-0.15, -0.1) is 0 Å². The largest absolute Gasteiger partial charge is 0.494 e. The molecule has 1 saturated heterocycles. The molecule has 1 fully saturated rings. The molecule has 2 aromatic heterocycles. The van der Waals surface area contributed by atoms with E-state index in [4.69, 9.17) is 9.47 Å². The number of benzene rings is 1. The Kier molecular flexibility index (Phi) is 5.99. The summed E-state index contributed by atoms with van der Waals surface area (Å²) in [7, 11) is 1.40. The van der Waals surface area contributed by atoms with Crippen LogP contribution >= 0.6 is 0 Å².